The van der Waals surface area contributed by atoms with Crippen molar-refractivity contribution in [3.05, 3.63) is 181 Å². The molecule has 5 aromatic carbocycles. The minimum Gasteiger partial charge on any atom is -0.487 e. The van der Waals surface area contributed by atoms with Gasteiger partial charge in [-0.1, -0.05) is 78.3 Å². The molecule has 49 heavy (non-hydrogen) atoms. The van der Waals surface area contributed by atoms with Crippen LogP contribution in [0.2, 0.25) is 0 Å². The fourth-order valence-electron chi connectivity index (χ4n) is 7.84. The second kappa shape index (κ2) is 11.3. The average molecular weight is 811 g/mol. The minimum atomic E-state index is -0.678. The molecule has 0 radical (unpaired) electrons. The van der Waals surface area contributed by atoms with Crippen molar-refractivity contribution >= 4 is 39.1 Å². The number of rotatable bonds is 4. The van der Waals surface area contributed by atoms with Gasteiger partial charge in [0.25, 0.3) is 0 Å². The molecule has 238 valence electrons. The number of nitrogens with zero attached hydrogens (tertiary/aromatic N) is 6. The summed E-state index contributed by atoms with van der Waals surface area (Å²) >= 11 is 0. The summed E-state index contributed by atoms with van der Waals surface area (Å²) in [6, 6.07) is 50.8. The topological polar surface area (TPSA) is 50.1 Å². The molecular formula is C42H27N6Pt-3. The molecule has 0 saturated heterocycles. The average Bonchev–Trinajstić information content (AvgIpc) is 3.78. The molecule has 0 N–H and O–H groups in total. The first-order valence-electron chi connectivity index (χ1n) is 16.0. The summed E-state index contributed by atoms with van der Waals surface area (Å²) in [7, 11) is 1.99. The molecule has 3 aromatic heterocycles. The van der Waals surface area contributed by atoms with E-state index in [-0.39, 0.29) is 21.1 Å². The van der Waals surface area contributed by atoms with Crippen LogP contribution in [0.4, 0.5) is 17.3 Å². The van der Waals surface area contributed by atoms with Gasteiger partial charge in [0, 0.05) is 50.6 Å². The molecule has 0 amide bonds. The predicted molar refractivity (Wildman–Crippen MR) is 190 cm³/mol. The Morgan fingerprint density at radius 2 is 1.35 bits per heavy atom. The third kappa shape index (κ3) is 4.14. The summed E-state index contributed by atoms with van der Waals surface area (Å²) in [5.41, 5.74) is 9.37. The summed E-state index contributed by atoms with van der Waals surface area (Å²) in [5.74, 6) is 2.48. The Labute approximate surface area is 298 Å². The zero-order valence-electron chi connectivity index (χ0n) is 26.4. The molecule has 10 rings (SSSR count). The van der Waals surface area contributed by atoms with Crippen molar-refractivity contribution in [2.75, 3.05) is 16.8 Å². The molecule has 8 aromatic rings. The number of pyridine rings is 1. The van der Waals surface area contributed by atoms with Crippen molar-refractivity contribution in [3.63, 3.8) is 0 Å². The van der Waals surface area contributed by atoms with E-state index in [4.69, 9.17) is 4.98 Å². The molecule has 0 fully saturated rings. The maximum Gasteiger partial charge on any atom is 0.143 e. The Morgan fingerprint density at radius 3 is 2.12 bits per heavy atom. The number of hydrogen-bond acceptors (Lipinski definition) is 5. The molecule has 0 atom stereocenters. The van der Waals surface area contributed by atoms with Gasteiger partial charge >= 0.3 is 0 Å². The van der Waals surface area contributed by atoms with E-state index in [9.17, 15) is 0 Å². The second-order valence-corrected chi connectivity index (χ2v) is 12.3. The second-order valence-electron chi connectivity index (χ2n) is 12.3. The number of fused-ring (bicyclic) bond motifs is 7. The maximum absolute atomic E-state index is 4.73. The molecule has 4 heterocycles. The summed E-state index contributed by atoms with van der Waals surface area (Å²) in [6.07, 6.45) is 5.31. The smallest absolute Gasteiger partial charge is 0.143 e. The van der Waals surface area contributed by atoms with E-state index >= 15 is 0 Å². The Hall–Kier alpha value is -5.58. The summed E-state index contributed by atoms with van der Waals surface area (Å²) in [5, 5.41) is 2.33. The first-order chi connectivity index (χ1) is 23.7. The van der Waals surface area contributed by atoms with Crippen LogP contribution in [-0.2, 0) is 26.5 Å². The summed E-state index contributed by atoms with van der Waals surface area (Å²) in [4.78, 5) is 18.1. The van der Waals surface area contributed by atoms with Crippen molar-refractivity contribution in [2.24, 2.45) is 0 Å². The van der Waals surface area contributed by atoms with E-state index in [1.165, 1.54) is 27.6 Å². The van der Waals surface area contributed by atoms with E-state index in [0.29, 0.717) is 0 Å². The zero-order chi connectivity index (χ0) is 31.8. The van der Waals surface area contributed by atoms with Crippen LogP contribution in [-0.4, -0.2) is 26.6 Å². The van der Waals surface area contributed by atoms with Crippen LogP contribution in [0.15, 0.2) is 140 Å². The van der Waals surface area contributed by atoms with Crippen LogP contribution in [0.25, 0.3) is 38.8 Å². The monoisotopic (exact) mass is 810 g/mol. The molecule has 0 spiro atoms. The largest absolute Gasteiger partial charge is 0.487 e. The fourth-order valence-corrected chi connectivity index (χ4v) is 7.84. The molecular weight excluding hydrogens is 784 g/mol. The van der Waals surface area contributed by atoms with Crippen LogP contribution >= 0.6 is 0 Å². The van der Waals surface area contributed by atoms with E-state index < -0.39 is 5.41 Å². The Morgan fingerprint density at radius 1 is 0.633 bits per heavy atom. The van der Waals surface area contributed by atoms with Gasteiger partial charge in [-0.2, -0.15) is 42.5 Å². The first-order valence-corrected chi connectivity index (χ1v) is 16.0. The molecule has 0 bridgehead atoms. The van der Waals surface area contributed by atoms with E-state index in [1.807, 2.05) is 36.9 Å². The number of hydrogen-bond donors (Lipinski definition) is 0. The van der Waals surface area contributed by atoms with Crippen molar-refractivity contribution in [1.29, 1.82) is 0 Å². The standard InChI is InChI=1S/C42H27N6.Pt/c1-46-27-47(41-40(46)44-23-24-45-41)30-12-10-11-28(25-30)42(35-16-5-2-13-31(35)32-14-3-6-17-36(32)42)29-20-21-38-34(26-29)33-15-4-7-18-37(33)48(38)39-19-8-9-22-43-39;/h2-19,21-24,26-27H,1H3;/q-3;. The predicted octanol–water partition coefficient (Wildman–Crippen LogP) is 8.64. The van der Waals surface area contributed by atoms with Crippen molar-refractivity contribution in [3.8, 4) is 16.9 Å². The van der Waals surface area contributed by atoms with E-state index in [2.05, 4.69) is 141 Å². The molecule has 6 nitrogen and oxygen atoms in total. The number of aromatic nitrogens is 4. The van der Waals surface area contributed by atoms with E-state index in [0.717, 1.165) is 50.7 Å². The van der Waals surface area contributed by atoms with Gasteiger partial charge < -0.3 is 14.4 Å². The van der Waals surface area contributed by atoms with Crippen LogP contribution < -0.4 is 9.80 Å². The van der Waals surface area contributed by atoms with Crippen LogP contribution in [0, 0.1) is 18.8 Å². The van der Waals surface area contributed by atoms with Gasteiger partial charge in [0.1, 0.15) is 17.5 Å². The molecule has 0 unspecified atom stereocenters. The first kappa shape index (κ1) is 29.5. The van der Waals surface area contributed by atoms with Crippen LogP contribution in [0.1, 0.15) is 22.3 Å². The molecule has 2 aliphatic rings. The molecule has 1 aliphatic heterocycles. The normalized spacial score (nSPS) is 14.1. The van der Waals surface area contributed by atoms with Gasteiger partial charge in [0.15, 0.2) is 0 Å². The van der Waals surface area contributed by atoms with Crippen molar-refractivity contribution in [2.45, 2.75) is 5.41 Å². The van der Waals surface area contributed by atoms with Crippen molar-refractivity contribution in [1.82, 2.24) is 19.5 Å². The minimum absolute atomic E-state index is 0. The molecule has 0 saturated carbocycles. The Kier molecular flexibility index (Phi) is 6.79. The number of anilines is 3. The van der Waals surface area contributed by atoms with Crippen LogP contribution in [0.3, 0.4) is 0 Å². The molecule has 1 aliphatic carbocycles. The number of para-hydroxylation sites is 1. The van der Waals surface area contributed by atoms with Gasteiger partial charge in [-0.25, -0.2) is 15.0 Å². The van der Waals surface area contributed by atoms with Gasteiger partial charge in [-0.05, 0) is 52.9 Å². The van der Waals surface area contributed by atoms with E-state index in [1.54, 1.807) is 12.4 Å². The zero-order valence-corrected chi connectivity index (χ0v) is 28.6. The van der Waals surface area contributed by atoms with Gasteiger partial charge in [0.05, 0.1) is 0 Å². The SMILES string of the molecule is CN1[CH-]N(c2[c-]c(C3(c4[c-]cc5c(c4)c4ccccc4n5-c4ccccn4)c4ccccc4-c4ccccc43)ccc2)c2nccnc21.[Pt]. The van der Waals surface area contributed by atoms with Gasteiger partial charge in [-0.15, -0.1) is 28.9 Å². The van der Waals surface area contributed by atoms with Crippen molar-refractivity contribution < 1.29 is 21.1 Å². The Bertz CT molecular complexity index is 2500. The Balaban J connectivity index is 0.00000325. The third-order valence-corrected chi connectivity index (χ3v) is 9.79. The maximum atomic E-state index is 4.73. The molecule has 7 heteroatoms. The third-order valence-electron chi connectivity index (χ3n) is 9.79. The van der Waals surface area contributed by atoms with Gasteiger partial charge in [0.2, 0.25) is 0 Å². The van der Waals surface area contributed by atoms with Gasteiger partial charge in [-0.3, -0.25) is 0 Å². The number of benzene rings is 5. The fraction of sp³-hybridized carbons (Fsp3) is 0.0476. The summed E-state index contributed by atoms with van der Waals surface area (Å²) < 4.78 is 2.24. The quantitative estimate of drug-likeness (QED) is 0.167. The van der Waals surface area contributed by atoms with Crippen LogP contribution in [0.5, 0.6) is 0 Å². The summed E-state index contributed by atoms with van der Waals surface area (Å²) in [6.45, 7) is 2.02.